The van der Waals surface area contributed by atoms with E-state index in [1.54, 1.807) is 0 Å². The molecule has 56 valence electrons. The van der Waals surface area contributed by atoms with Gasteiger partial charge in [-0.2, -0.15) is 0 Å². The first-order valence-corrected chi connectivity index (χ1v) is 5.90. The molecule has 0 saturated carbocycles. The third kappa shape index (κ3) is 3.72. The Hall–Kier alpha value is 0.190. The topological polar surface area (TPSA) is 43.1 Å². The van der Waals surface area contributed by atoms with Gasteiger partial charge in [0.1, 0.15) is 0 Å². The summed E-state index contributed by atoms with van der Waals surface area (Å²) in [6, 6.07) is 0. The summed E-state index contributed by atoms with van der Waals surface area (Å²) in [6.07, 6.45) is 0.879. The highest BCUT2D eigenvalue weighted by Crippen LogP contribution is 2.43. The van der Waals surface area contributed by atoms with E-state index in [9.17, 15) is 4.57 Å². The summed E-state index contributed by atoms with van der Waals surface area (Å²) in [6.45, 7) is 6.27. The zero-order valence-electron chi connectivity index (χ0n) is 6.42. The maximum absolute atomic E-state index is 11.2. The van der Waals surface area contributed by atoms with Crippen molar-refractivity contribution in [3.8, 4) is 0 Å². The quantitative estimate of drug-likeness (QED) is 0.615. The van der Waals surface area contributed by atoms with Crippen molar-refractivity contribution in [1.82, 2.24) is 0 Å². The van der Waals surface area contributed by atoms with Crippen LogP contribution in [0.4, 0.5) is 0 Å². The summed E-state index contributed by atoms with van der Waals surface area (Å²) in [4.78, 5) is 0. The molecule has 0 spiro atoms. The van der Waals surface area contributed by atoms with Gasteiger partial charge in [-0.25, -0.2) is 0 Å². The molecule has 1 atom stereocenters. The fourth-order valence-corrected chi connectivity index (χ4v) is 1.32. The second-order valence-electron chi connectivity index (χ2n) is 2.86. The first-order valence-electron chi connectivity index (χ1n) is 3.23. The summed E-state index contributed by atoms with van der Waals surface area (Å²) in [5, 5.41) is 0. The largest absolute Gasteiger partial charge is 0.330 e. The molecule has 0 aromatic carbocycles. The average Bonchev–Trinajstić information content (AvgIpc) is 1.64. The van der Waals surface area contributed by atoms with Crippen molar-refractivity contribution in [2.75, 3.05) is 19.9 Å². The Bertz CT molecular complexity index is 118. The van der Waals surface area contributed by atoms with E-state index in [4.69, 9.17) is 5.73 Å². The predicted octanol–water partition coefficient (Wildman–Crippen LogP) is 1.35. The minimum atomic E-state index is -1.85. The van der Waals surface area contributed by atoms with Crippen LogP contribution in [0.1, 0.15) is 13.3 Å². The molecule has 0 saturated heterocycles. The fraction of sp³-hybridized carbons (Fsp3) is 1.00. The summed E-state index contributed by atoms with van der Waals surface area (Å²) in [5.41, 5.74) is 5.60. The minimum absolute atomic E-state index is 0.294. The highest BCUT2D eigenvalue weighted by Gasteiger charge is 2.15. The summed E-state index contributed by atoms with van der Waals surface area (Å²) >= 11 is 0. The second-order valence-corrected chi connectivity index (χ2v) is 6.61. The van der Waals surface area contributed by atoms with Crippen LogP contribution in [-0.4, -0.2) is 25.5 Å². The Morgan fingerprint density at radius 3 is 2.11 bits per heavy atom. The number of rotatable bonds is 3. The van der Waals surface area contributed by atoms with Crippen LogP contribution in [-0.2, 0) is 4.57 Å². The molecule has 9 heavy (non-hydrogen) atoms. The lowest BCUT2D eigenvalue weighted by atomic mass is 10.3. The van der Waals surface area contributed by atoms with Crippen LogP contribution < -0.4 is 5.73 Å². The van der Waals surface area contributed by atoms with E-state index in [-0.39, 0.29) is 0 Å². The molecule has 0 aliphatic rings. The Balaban J connectivity index is 3.74. The van der Waals surface area contributed by atoms with Crippen LogP contribution in [0.15, 0.2) is 0 Å². The molecule has 0 fully saturated rings. The van der Waals surface area contributed by atoms with Gasteiger partial charge in [0.2, 0.25) is 0 Å². The van der Waals surface area contributed by atoms with Crippen molar-refractivity contribution in [2.45, 2.75) is 19.0 Å². The smallest absolute Gasteiger partial charge is 0.0846 e. The number of hydrogen-bond acceptors (Lipinski definition) is 2. The zero-order chi connectivity index (χ0) is 7.49. The molecule has 0 radical (unpaired) electrons. The Kier molecular flexibility index (Phi) is 3.45. The SMILES string of the molecule is CC(CCN)P(C)(C)=O. The molecule has 3 heteroatoms. The molecule has 0 bridgehead atoms. The van der Waals surface area contributed by atoms with Gasteiger partial charge < -0.3 is 10.3 Å². The Morgan fingerprint density at radius 2 is 2.00 bits per heavy atom. The van der Waals surface area contributed by atoms with Crippen molar-refractivity contribution in [2.24, 2.45) is 5.73 Å². The van der Waals surface area contributed by atoms with Gasteiger partial charge in [-0.1, -0.05) is 6.92 Å². The molecule has 0 aliphatic carbocycles. The fourth-order valence-electron chi connectivity index (χ4n) is 0.552. The van der Waals surface area contributed by atoms with Crippen LogP contribution in [0.2, 0.25) is 0 Å². The normalized spacial score (nSPS) is 15.6. The predicted molar refractivity (Wildman–Crippen MR) is 42.6 cm³/mol. The molecule has 0 aromatic heterocycles. The van der Waals surface area contributed by atoms with E-state index in [1.807, 2.05) is 20.3 Å². The van der Waals surface area contributed by atoms with Gasteiger partial charge in [0, 0.05) is 5.66 Å². The van der Waals surface area contributed by atoms with E-state index >= 15 is 0 Å². The zero-order valence-corrected chi connectivity index (χ0v) is 7.32. The third-order valence-corrected chi connectivity index (χ3v) is 4.03. The summed E-state index contributed by atoms with van der Waals surface area (Å²) in [5.74, 6) is 0. The third-order valence-electron chi connectivity index (χ3n) is 1.65. The Morgan fingerprint density at radius 1 is 1.56 bits per heavy atom. The first kappa shape index (κ1) is 9.19. The molecule has 2 nitrogen and oxygen atoms in total. The maximum atomic E-state index is 11.2. The Labute approximate surface area is 57.2 Å². The number of hydrogen-bond donors (Lipinski definition) is 1. The maximum Gasteiger partial charge on any atom is 0.0846 e. The lowest BCUT2D eigenvalue weighted by Crippen LogP contribution is -2.09. The molecule has 0 amide bonds. The van der Waals surface area contributed by atoms with E-state index in [2.05, 4.69) is 0 Å². The van der Waals surface area contributed by atoms with Gasteiger partial charge in [-0.15, -0.1) is 0 Å². The van der Waals surface area contributed by atoms with Crippen LogP contribution >= 0.6 is 7.14 Å². The monoisotopic (exact) mass is 149 g/mol. The molecule has 0 rings (SSSR count). The molecular weight excluding hydrogens is 133 g/mol. The van der Waals surface area contributed by atoms with Gasteiger partial charge in [-0.05, 0) is 26.3 Å². The lowest BCUT2D eigenvalue weighted by Gasteiger charge is -2.14. The first-order chi connectivity index (χ1) is 3.98. The van der Waals surface area contributed by atoms with Crippen LogP contribution in [0.3, 0.4) is 0 Å². The van der Waals surface area contributed by atoms with Crippen molar-refractivity contribution in [3.63, 3.8) is 0 Å². The molecule has 2 N–H and O–H groups in total. The molecule has 0 aliphatic heterocycles. The van der Waals surface area contributed by atoms with E-state index in [1.165, 1.54) is 0 Å². The van der Waals surface area contributed by atoms with Gasteiger partial charge in [0.05, 0.1) is 7.14 Å². The lowest BCUT2D eigenvalue weighted by molar-refractivity contribution is 0.570. The van der Waals surface area contributed by atoms with Crippen LogP contribution in [0.5, 0.6) is 0 Å². The van der Waals surface area contributed by atoms with Crippen LogP contribution in [0, 0.1) is 0 Å². The van der Waals surface area contributed by atoms with E-state index < -0.39 is 7.14 Å². The van der Waals surface area contributed by atoms with Crippen molar-refractivity contribution < 1.29 is 4.57 Å². The molecular formula is C6H16NOP. The highest BCUT2D eigenvalue weighted by atomic mass is 31.2. The molecule has 1 unspecified atom stereocenters. The van der Waals surface area contributed by atoms with Crippen molar-refractivity contribution in [1.29, 1.82) is 0 Å². The molecule has 0 heterocycles. The van der Waals surface area contributed by atoms with E-state index in [0.717, 1.165) is 6.42 Å². The van der Waals surface area contributed by atoms with Crippen molar-refractivity contribution >= 4 is 7.14 Å². The number of nitrogens with two attached hydrogens (primary N) is 1. The second kappa shape index (κ2) is 3.38. The van der Waals surface area contributed by atoms with Gasteiger partial charge >= 0.3 is 0 Å². The average molecular weight is 149 g/mol. The van der Waals surface area contributed by atoms with Crippen molar-refractivity contribution in [3.05, 3.63) is 0 Å². The van der Waals surface area contributed by atoms with E-state index in [0.29, 0.717) is 12.2 Å². The van der Waals surface area contributed by atoms with Gasteiger partial charge in [-0.3, -0.25) is 0 Å². The summed E-state index contributed by atoms with van der Waals surface area (Å²) in [7, 11) is -1.85. The van der Waals surface area contributed by atoms with Gasteiger partial charge in [0.25, 0.3) is 0 Å². The highest BCUT2D eigenvalue weighted by molar-refractivity contribution is 7.63. The summed E-state index contributed by atoms with van der Waals surface area (Å²) < 4.78 is 11.2. The molecule has 0 aromatic rings. The van der Waals surface area contributed by atoms with Gasteiger partial charge in [0.15, 0.2) is 0 Å². The standard InChI is InChI=1S/C6H16NOP/c1-6(4-5-7)9(2,3)8/h6H,4-5,7H2,1-3H3. The minimum Gasteiger partial charge on any atom is -0.330 e. The van der Waals surface area contributed by atoms with Crippen LogP contribution in [0.25, 0.3) is 0 Å².